The smallest absolute Gasteiger partial charge is 0.250 e. The standard InChI is InChI=1S/C18H23N7O2/c26-14-6-5-13(11-15(14)27)12-19-23-16-20-17(24-7-1-2-8-24)22-18(21-16)25-9-3-4-10-25/h5-6,11-12,26-27H,1-4,7-10H2,(H,20,21,22,23). The summed E-state index contributed by atoms with van der Waals surface area (Å²) in [4.78, 5) is 18.0. The maximum atomic E-state index is 9.56. The molecule has 0 bridgehead atoms. The minimum atomic E-state index is -0.188. The summed E-state index contributed by atoms with van der Waals surface area (Å²) in [5.74, 6) is 1.41. The van der Waals surface area contributed by atoms with E-state index in [1.807, 2.05) is 0 Å². The number of benzene rings is 1. The Kier molecular flexibility index (Phi) is 4.91. The Labute approximate surface area is 157 Å². The molecule has 2 aliphatic rings. The summed E-state index contributed by atoms with van der Waals surface area (Å²) in [6, 6.07) is 4.49. The van der Waals surface area contributed by atoms with Crippen molar-refractivity contribution in [1.82, 2.24) is 15.0 Å². The van der Waals surface area contributed by atoms with Crippen LogP contribution in [0.15, 0.2) is 23.3 Å². The first-order valence-corrected chi connectivity index (χ1v) is 9.26. The second-order valence-corrected chi connectivity index (χ2v) is 6.77. The van der Waals surface area contributed by atoms with Crippen molar-refractivity contribution in [3.63, 3.8) is 0 Å². The summed E-state index contributed by atoms with van der Waals surface area (Å²) < 4.78 is 0. The minimum absolute atomic E-state index is 0.164. The van der Waals surface area contributed by atoms with Crippen LogP contribution < -0.4 is 15.2 Å². The lowest BCUT2D eigenvalue weighted by atomic mass is 10.2. The van der Waals surface area contributed by atoms with Crippen LogP contribution in [0, 0.1) is 0 Å². The highest BCUT2D eigenvalue weighted by molar-refractivity contribution is 5.81. The maximum Gasteiger partial charge on any atom is 0.250 e. The molecule has 2 saturated heterocycles. The second kappa shape index (κ2) is 7.65. The number of nitrogens with one attached hydrogen (secondary N) is 1. The Hall–Kier alpha value is -3.10. The summed E-state index contributed by atoms with van der Waals surface area (Å²) in [6.45, 7) is 3.83. The minimum Gasteiger partial charge on any atom is -0.504 e. The number of aromatic hydroxyl groups is 2. The van der Waals surface area contributed by atoms with Crippen LogP contribution in [0.4, 0.5) is 17.8 Å². The van der Waals surface area contributed by atoms with Crippen LogP contribution in [0.1, 0.15) is 31.2 Å². The van der Waals surface area contributed by atoms with Gasteiger partial charge in [0.1, 0.15) is 0 Å². The van der Waals surface area contributed by atoms with Crippen LogP contribution in [0.2, 0.25) is 0 Å². The van der Waals surface area contributed by atoms with Crippen LogP contribution in [0.25, 0.3) is 0 Å². The molecule has 1 aromatic carbocycles. The van der Waals surface area contributed by atoms with Gasteiger partial charge in [0.05, 0.1) is 6.21 Å². The first kappa shape index (κ1) is 17.3. The van der Waals surface area contributed by atoms with E-state index < -0.39 is 0 Å². The summed E-state index contributed by atoms with van der Waals surface area (Å²) in [6.07, 6.45) is 6.13. The van der Waals surface area contributed by atoms with E-state index in [1.165, 1.54) is 18.3 Å². The third-order valence-electron chi connectivity index (χ3n) is 4.77. The molecule has 3 N–H and O–H groups in total. The van der Waals surface area contributed by atoms with Gasteiger partial charge in [0.15, 0.2) is 11.5 Å². The molecule has 1 aromatic heterocycles. The van der Waals surface area contributed by atoms with Crippen molar-refractivity contribution >= 4 is 24.1 Å². The summed E-state index contributed by atoms with van der Waals surface area (Å²) in [5, 5.41) is 23.1. The average molecular weight is 369 g/mol. The molecule has 2 fully saturated rings. The normalized spacial score (nSPS) is 17.2. The van der Waals surface area contributed by atoms with Gasteiger partial charge in [-0.05, 0) is 49.4 Å². The number of hydrogen-bond donors (Lipinski definition) is 3. The maximum absolute atomic E-state index is 9.56. The van der Waals surface area contributed by atoms with Crippen molar-refractivity contribution in [1.29, 1.82) is 0 Å². The molecule has 0 atom stereocenters. The number of phenols is 2. The molecule has 4 rings (SSSR count). The van der Waals surface area contributed by atoms with Crippen LogP contribution in [0.5, 0.6) is 11.5 Å². The molecule has 0 radical (unpaired) electrons. The molecule has 9 nitrogen and oxygen atoms in total. The summed E-state index contributed by atoms with van der Waals surface area (Å²) >= 11 is 0. The van der Waals surface area contributed by atoms with E-state index >= 15 is 0 Å². The van der Waals surface area contributed by atoms with E-state index in [4.69, 9.17) is 0 Å². The van der Waals surface area contributed by atoms with Gasteiger partial charge in [-0.1, -0.05) is 0 Å². The van der Waals surface area contributed by atoms with Gasteiger partial charge in [-0.25, -0.2) is 5.43 Å². The van der Waals surface area contributed by atoms with Gasteiger partial charge in [0.2, 0.25) is 17.8 Å². The fraction of sp³-hybridized carbons (Fsp3) is 0.444. The Balaban J connectivity index is 1.54. The molecular formula is C18H23N7O2. The molecule has 0 saturated carbocycles. The molecule has 3 heterocycles. The van der Waals surface area contributed by atoms with Crippen LogP contribution >= 0.6 is 0 Å². The number of hydrazone groups is 1. The zero-order valence-corrected chi connectivity index (χ0v) is 15.0. The number of nitrogens with zero attached hydrogens (tertiary/aromatic N) is 6. The van der Waals surface area contributed by atoms with E-state index in [0.717, 1.165) is 51.9 Å². The van der Waals surface area contributed by atoms with E-state index in [-0.39, 0.29) is 11.5 Å². The molecule has 0 unspecified atom stereocenters. The van der Waals surface area contributed by atoms with E-state index in [1.54, 1.807) is 6.07 Å². The highest BCUT2D eigenvalue weighted by Crippen LogP contribution is 2.24. The van der Waals surface area contributed by atoms with Crippen molar-refractivity contribution in [3.05, 3.63) is 23.8 Å². The first-order valence-electron chi connectivity index (χ1n) is 9.26. The Bertz CT molecular complexity index is 796. The lowest BCUT2D eigenvalue weighted by Gasteiger charge is -2.20. The quantitative estimate of drug-likeness (QED) is 0.417. The first-order chi connectivity index (χ1) is 13.2. The van der Waals surface area contributed by atoms with Crippen LogP contribution in [-0.2, 0) is 0 Å². The molecule has 2 aromatic rings. The predicted molar refractivity (Wildman–Crippen MR) is 104 cm³/mol. The molecule has 0 aliphatic carbocycles. The Morgan fingerprint density at radius 2 is 1.44 bits per heavy atom. The number of anilines is 3. The van der Waals surface area contributed by atoms with Crippen molar-refractivity contribution in [2.45, 2.75) is 25.7 Å². The third kappa shape index (κ3) is 4.02. The van der Waals surface area contributed by atoms with Crippen LogP contribution in [-0.4, -0.2) is 57.6 Å². The monoisotopic (exact) mass is 369 g/mol. The van der Waals surface area contributed by atoms with Crippen molar-refractivity contribution in [3.8, 4) is 11.5 Å². The largest absolute Gasteiger partial charge is 0.504 e. The third-order valence-corrected chi connectivity index (χ3v) is 4.77. The Morgan fingerprint density at radius 1 is 0.852 bits per heavy atom. The fourth-order valence-corrected chi connectivity index (χ4v) is 3.31. The highest BCUT2D eigenvalue weighted by Gasteiger charge is 2.21. The topological polar surface area (TPSA) is 110 Å². The van der Waals surface area contributed by atoms with E-state index in [0.29, 0.717) is 23.4 Å². The number of aromatic nitrogens is 3. The van der Waals surface area contributed by atoms with Gasteiger partial charge in [-0.2, -0.15) is 20.1 Å². The molecule has 27 heavy (non-hydrogen) atoms. The molecule has 142 valence electrons. The Morgan fingerprint density at radius 3 is 2.00 bits per heavy atom. The number of rotatable bonds is 5. The van der Waals surface area contributed by atoms with Gasteiger partial charge in [-0.3, -0.25) is 0 Å². The van der Waals surface area contributed by atoms with Gasteiger partial charge in [0.25, 0.3) is 0 Å². The molecule has 2 aliphatic heterocycles. The molecule has 0 amide bonds. The lowest BCUT2D eigenvalue weighted by molar-refractivity contribution is 0.403. The predicted octanol–water partition coefficient (Wildman–Crippen LogP) is 1.93. The SMILES string of the molecule is Oc1ccc(C=NNc2nc(N3CCCC3)nc(N3CCCC3)n2)cc1O. The number of phenolic OH excluding ortho intramolecular Hbond substituents is 2. The van der Waals surface area contributed by atoms with Crippen molar-refractivity contribution in [2.75, 3.05) is 41.4 Å². The van der Waals surface area contributed by atoms with E-state index in [2.05, 4.69) is 35.3 Å². The average Bonchev–Trinajstić information content (AvgIpc) is 3.38. The van der Waals surface area contributed by atoms with Crippen molar-refractivity contribution < 1.29 is 10.2 Å². The number of hydrogen-bond acceptors (Lipinski definition) is 9. The molecular weight excluding hydrogens is 346 g/mol. The zero-order valence-electron chi connectivity index (χ0n) is 15.0. The van der Waals surface area contributed by atoms with E-state index in [9.17, 15) is 10.2 Å². The highest BCUT2D eigenvalue weighted by atomic mass is 16.3. The molecule has 9 heteroatoms. The fourth-order valence-electron chi connectivity index (χ4n) is 3.31. The second-order valence-electron chi connectivity index (χ2n) is 6.77. The van der Waals surface area contributed by atoms with Gasteiger partial charge in [0, 0.05) is 26.2 Å². The van der Waals surface area contributed by atoms with Crippen molar-refractivity contribution in [2.24, 2.45) is 5.10 Å². The zero-order chi connectivity index (χ0) is 18.6. The van der Waals surface area contributed by atoms with Gasteiger partial charge >= 0.3 is 0 Å². The van der Waals surface area contributed by atoms with Gasteiger partial charge < -0.3 is 20.0 Å². The molecule has 0 spiro atoms. The summed E-state index contributed by atoms with van der Waals surface area (Å²) in [7, 11) is 0. The summed E-state index contributed by atoms with van der Waals surface area (Å²) in [5.41, 5.74) is 3.51. The lowest BCUT2D eigenvalue weighted by Crippen LogP contribution is -2.25. The van der Waals surface area contributed by atoms with Crippen LogP contribution in [0.3, 0.4) is 0 Å². The van der Waals surface area contributed by atoms with Gasteiger partial charge in [-0.15, -0.1) is 0 Å².